The average Bonchev–Trinajstić information content (AvgIpc) is 2.62. The van der Waals surface area contributed by atoms with Crippen LogP contribution in [0, 0.1) is 16.0 Å². The largest absolute Gasteiger partial charge is 0.367 e. The maximum Gasteiger partial charge on any atom is 0.353 e. The number of nitrogens with one attached hydrogen (secondary N) is 1. The molecule has 1 aromatic heterocycles. The number of nitro groups is 1. The molecule has 7 heteroatoms. The molecule has 1 aromatic rings. The van der Waals surface area contributed by atoms with E-state index in [4.69, 9.17) is 0 Å². The molecule has 19 heavy (non-hydrogen) atoms. The first-order valence-electron chi connectivity index (χ1n) is 6.55. The molecule has 1 unspecified atom stereocenters. The summed E-state index contributed by atoms with van der Waals surface area (Å²) in [4.78, 5) is 20.9. The van der Waals surface area contributed by atoms with Crippen LogP contribution in [-0.4, -0.2) is 35.0 Å². The fourth-order valence-electron chi connectivity index (χ4n) is 2.43. The summed E-state index contributed by atoms with van der Waals surface area (Å²) in [5, 5.41) is 14.0. The van der Waals surface area contributed by atoms with Crippen molar-refractivity contribution in [2.24, 2.45) is 5.92 Å². The van der Waals surface area contributed by atoms with E-state index in [1.165, 1.54) is 6.33 Å². The minimum atomic E-state index is -0.407. The van der Waals surface area contributed by atoms with E-state index in [9.17, 15) is 10.1 Å². The van der Waals surface area contributed by atoms with Crippen molar-refractivity contribution in [2.75, 3.05) is 30.4 Å². The van der Waals surface area contributed by atoms with Crippen LogP contribution >= 0.6 is 0 Å². The highest BCUT2D eigenvalue weighted by atomic mass is 16.6. The van der Waals surface area contributed by atoms with Gasteiger partial charge in [0, 0.05) is 20.1 Å². The molecular formula is C12H19N5O2. The zero-order chi connectivity index (χ0) is 13.8. The highest BCUT2D eigenvalue weighted by Crippen LogP contribution is 2.33. The van der Waals surface area contributed by atoms with Crippen LogP contribution in [0.5, 0.6) is 0 Å². The molecule has 0 aromatic carbocycles. The fraction of sp³-hybridized carbons (Fsp3) is 0.667. The van der Waals surface area contributed by atoms with E-state index < -0.39 is 4.92 Å². The molecule has 2 rings (SSSR count). The molecule has 1 atom stereocenters. The lowest BCUT2D eigenvalue weighted by Gasteiger charge is -2.21. The van der Waals surface area contributed by atoms with Crippen molar-refractivity contribution in [3.8, 4) is 0 Å². The minimum Gasteiger partial charge on any atom is -0.367 e. The number of nitrogens with zero attached hydrogens (tertiary/aromatic N) is 4. The molecule has 0 radical (unpaired) electrons. The molecule has 1 saturated heterocycles. The van der Waals surface area contributed by atoms with Crippen LogP contribution in [0.15, 0.2) is 6.33 Å². The van der Waals surface area contributed by atoms with Crippen LogP contribution in [0.2, 0.25) is 0 Å². The first kappa shape index (κ1) is 13.5. The topological polar surface area (TPSA) is 84.2 Å². The molecule has 1 fully saturated rings. The summed E-state index contributed by atoms with van der Waals surface area (Å²) in [7, 11) is 1.63. The summed E-state index contributed by atoms with van der Waals surface area (Å²) in [5.74, 6) is 1.36. The molecular weight excluding hydrogens is 246 g/mol. The summed E-state index contributed by atoms with van der Waals surface area (Å²) in [5.41, 5.74) is -0.0282. The van der Waals surface area contributed by atoms with E-state index in [1.54, 1.807) is 7.05 Å². The third-order valence-corrected chi connectivity index (χ3v) is 3.54. The number of rotatable bonds is 3. The SMILES string of the molecule is CNc1ncnc(N2CCCC(C)CC2)c1[N+](=O)[O-]. The van der Waals surface area contributed by atoms with E-state index in [-0.39, 0.29) is 11.5 Å². The summed E-state index contributed by atoms with van der Waals surface area (Å²) in [6, 6.07) is 0. The Kier molecular flexibility index (Phi) is 4.13. The number of hydrogen-bond acceptors (Lipinski definition) is 6. The molecule has 2 heterocycles. The first-order valence-corrected chi connectivity index (χ1v) is 6.55. The highest BCUT2D eigenvalue weighted by Gasteiger charge is 2.27. The van der Waals surface area contributed by atoms with Crippen LogP contribution in [0.4, 0.5) is 17.3 Å². The Balaban J connectivity index is 2.35. The van der Waals surface area contributed by atoms with Crippen LogP contribution in [0.3, 0.4) is 0 Å². The van der Waals surface area contributed by atoms with E-state index in [0.29, 0.717) is 11.7 Å². The van der Waals surface area contributed by atoms with Crippen LogP contribution in [0.1, 0.15) is 26.2 Å². The lowest BCUT2D eigenvalue weighted by molar-refractivity contribution is -0.383. The van der Waals surface area contributed by atoms with Crippen molar-refractivity contribution in [1.82, 2.24) is 9.97 Å². The Morgan fingerprint density at radius 3 is 2.89 bits per heavy atom. The predicted octanol–water partition coefficient (Wildman–Crippen LogP) is 2.05. The molecule has 0 spiro atoms. The first-order chi connectivity index (χ1) is 9.13. The Labute approximate surface area is 112 Å². The Morgan fingerprint density at radius 2 is 2.21 bits per heavy atom. The van der Waals surface area contributed by atoms with Crippen molar-refractivity contribution < 1.29 is 4.92 Å². The molecule has 0 aliphatic carbocycles. The molecule has 0 saturated carbocycles. The lowest BCUT2D eigenvalue weighted by Crippen LogP contribution is -2.26. The highest BCUT2D eigenvalue weighted by molar-refractivity contribution is 5.70. The van der Waals surface area contributed by atoms with Crippen LogP contribution < -0.4 is 10.2 Å². The van der Waals surface area contributed by atoms with Crippen molar-refractivity contribution in [3.63, 3.8) is 0 Å². The van der Waals surface area contributed by atoms with Gasteiger partial charge in [0.1, 0.15) is 6.33 Å². The summed E-state index contributed by atoms with van der Waals surface area (Å²) < 4.78 is 0. The Hall–Kier alpha value is -1.92. The number of hydrogen-bond donors (Lipinski definition) is 1. The van der Waals surface area contributed by atoms with Gasteiger partial charge in [-0.2, -0.15) is 0 Å². The van der Waals surface area contributed by atoms with Crippen molar-refractivity contribution in [3.05, 3.63) is 16.4 Å². The second-order valence-corrected chi connectivity index (χ2v) is 4.92. The summed E-state index contributed by atoms with van der Waals surface area (Å²) in [6.07, 6.45) is 4.62. The quantitative estimate of drug-likeness (QED) is 0.665. The Morgan fingerprint density at radius 1 is 1.42 bits per heavy atom. The molecule has 104 valence electrons. The zero-order valence-electron chi connectivity index (χ0n) is 11.3. The van der Waals surface area contributed by atoms with Crippen molar-refractivity contribution >= 4 is 17.3 Å². The second-order valence-electron chi connectivity index (χ2n) is 4.92. The van der Waals surface area contributed by atoms with Gasteiger partial charge in [-0.15, -0.1) is 0 Å². The molecule has 7 nitrogen and oxygen atoms in total. The third-order valence-electron chi connectivity index (χ3n) is 3.54. The van der Waals surface area contributed by atoms with E-state index in [1.807, 2.05) is 4.90 Å². The molecule has 1 aliphatic heterocycles. The van der Waals surface area contributed by atoms with E-state index >= 15 is 0 Å². The van der Waals surface area contributed by atoms with Crippen molar-refractivity contribution in [2.45, 2.75) is 26.2 Å². The lowest BCUT2D eigenvalue weighted by atomic mass is 10.0. The van der Waals surface area contributed by atoms with Gasteiger partial charge in [-0.3, -0.25) is 10.1 Å². The average molecular weight is 265 g/mol. The predicted molar refractivity (Wildman–Crippen MR) is 73.5 cm³/mol. The van der Waals surface area contributed by atoms with Gasteiger partial charge in [-0.25, -0.2) is 9.97 Å². The van der Waals surface area contributed by atoms with Crippen LogP contribution in [0.25, 0.3) is 0 Å². The number of anilines is 2. The Bertz CT molecular complexity index is 465. The molecule has 1 aliphatic rings. The minimum absolute atomic E-state index is 0.0282. The van der Waals surface area contributed by atoms with Gasteiger partial charge < -0.3 is 10.2 Å². The van der Waals surface area contributed by atoms with Gasteiger partial charge in [0.2, 0.25) is 11.6 Å². The van der Waals surface area contributed by atoms with E-state index in [2.05, 4.69) is 22.2 Å². The fourth-order valence-corrected chi connectivity index (χ4v) is 2.43. The molecule has 0 amide bonds. The smallest absolute Gasteiger partial charge is 0.353 e. The molecule has 1 N–H and O–H groups in total. The van der Waals surface area contributed by atoms with Crippen LogP contribution in [-0.2, 0) is 0 Å². The van der Waals surface area contributed by atoms with E-state index in [0.717, 1.165) is 32.4 Å². The standard InChI is InChI=1S/C12H19N5O2/c1-9-4-3-6-16(7-5-9)12-10(17(18)19)11(13-2)14-8-15-12/h8-9H,3-7H2,1-2H3,(H,13,14,15). The van der Waals surface area contributed by atoms with Gasteiger partial charge in [0.25, 0.3) is 0 Å². The van der Waals surface area contributed by atoms with Crippen molar-refractivity contribution in [1.29, 1.82) is 0 Å². The second kappa shape index (κ2) is 5.81. The summed E-state index contributed by atoms with van der Waals surface area (Å²) >= 11 is 0. The maximum atomic E-state index is 11.3. The molecule has 0 bridgehead atoms. The maximum absolute atomic E-state index is 11.3. The van der Waals surface area contributed by atoms with Gasteiger partial charge in [-0.05, 0) is 25.2 Å². The zero-order valence-corrected chi connectivity index (χ0v) is 11.3. The number of aromatic nitrogens is 2. The van der Waals surface area contributed by atoms with Gasteiger partial charge in [-0.1, -0.05) is 6.92 Å². The van der Waals surface area contributed by atoms with Gasteiger partial charge in [0.05, 0.1) is 4.92 Å². The summed E-state index contributed by atoms with van der Waals surface area (Å²) in [6.45, 7) is 3.84. The third kappa shape index (κ3) is 2.91. The monoisotopic (exact) mass is 265 g/mol. The normalized spacial score (nSPS) is 19.9. The van der Waals surface area contributed by atoms with Gasteiger partial charge >= 0.3 is 5.69 Å². The van der Waals surface area contributed by atoms with Gasteiger partial charge in [0.15, 0.2) is 0 Å².